The monoisotopic (exact) mass is 564 g/mol. The molecule has 0 aliphatic rings. The second-order valence-corrected chi connectivity index (χ2v) is 10.6. The maximum Gasteiger partial charge on any atom is 0.165 e. The molecule has 0 aliphatic carbocycles. The molecular weight excluding hydrogens is 536 g/mol. The standard InChI is InChI=1S/C33H28N10/c1-17-34-18(2)38-31(37-17)23-12-14-29(27(15-23)33-41-21(5)36-22(6)42-33)43-28-10-8-7-9-25(28)26-13-11-24(16-30(26)43)32-39-19(3)35-20(4)40-32/h7-16H,1-6H3. The first-order valence-corrected chi connectivity index (χ1v) is 14.0. The van der Waals surface area contributed by atoms with Gasteiger partial charge in [0.1, 0.15) is 34.9 Å². The maximum atomic E-state index is 4.77. The van der Waals surface area contributed by atoms with E-state index in [9.17, 15) is 0 Å². The van der Waals surface area contributed by atoms with Crippen molar-refractivity contribution < 1.29 is 0 Å². The van der Waals surface area contributed by atoms with Crippen molar-refractivity contribution in [2.45, 2.75) is 41.5 Å². The van der Waals surface area contributed by atoms with Crippen LogP contribution in [0.15, 0.2) is 60.7 Å². The summed E-state index contributed by atoms with van der Waals surface area (Å²) < 4.78 is 2.26. The van der Waals surface area contributed by atoms with Crippen LogP contribution < -0.4 is 0 Å². The van der Waals surface area contributed by atoms with Crippen LogP contribution in [0.1, 0.15) is 34.9 Å². The Morgan fingerprint density at radius 3 is 1.47 bits per heavy atom. The zero-order chi connectivity index (χ0) is 29.8. The molecule has 0 amide bonds. The number of rotatable bonds is 4. The molecule has 7 rings (SSSR count). The summed E-state index contributed by atoms with van der Waals surface area (Å²) in [6, 6.07) is 20.9. The summed E-state index contributed by atoms with van der Waals surface area (Å²) in [7, 11) is 0. The second-order valence-electron chi connectivity index (χ2n) is 10.6. The zero-order valence-corrected chi connectivity index (χ0v) is 24.7. The Morgan fingerprint density at radius 1 is 0.419 bits per heavy atom. The molecule has 0 N–H and O–H groups in total. The minimum absolute atomic E-state index is 0.579. The average Bonchev–Trinajstić information content (AvgIpc) is 3.29. The molecule has 0 aliphatic heterocycles. The molecule has 0 bridgehead atoms. The fourth-order valence-corrected chi connectivity index (χ4v) is 5.64. The van der Waals surface area contributed by atoms with Gasteiger partial charge in [0, 0.05) is 27.5 Å². The third-order valence-corrected chi connectivity index (χ3v) is 7.25. The molecule has 4 heterocycles. The number of hydrogen-bond acceptors (Lipinski definition) is 9. The summed E-state index contributed by atoms with van der Waals surface area (Å²) in [6.45, 7) is 11.3. The van der Waals surface area contributed by atoms with Crippen molar-refractivity contribution in [2.75, 3.05) is 0 Å². The van der Waals surface area contributed by atoms with Crippen molar-refractivity contribution in [1.82, 2.24) is 49.4 Å². The van der Waals surface area contributed by atoms with Gasteiger partial charge in [0.2, 0.25) is 0 Å². The van der Waals surface area contributed by atoms with Crippen molar-refractivity contribution in [3.8, 4) is 39.9 Å². The molecule has 0 spiro atoms. The predicted octanol–water partition coefficient (Wildman–Crippen LogP) is 6.19. The van der Waals surface area contributed by atoms with Crippen LogP contribution in [0.4, 0.5) is 0 Å². The molecule has 0 saturated carbocycles. The molecule has 10 heteroatoms. The van der Waals surface area contributed by atoms with Gasteiger partial charge in [-0.15, -0.1) is 0 Å². The van der Waals surface area contributed by atoms with E-state index in [1.54, 1.807) is 0 Å². The van der Waals surface area contributed by atoms with Gasteiger partial charge < -0.3 is 4.57 Å². The van der Waals surface area contributed by atoms with Crippen molar-refractivity contribution in [3.05, 3.63) is 95.6 Å². The van der Waals surface area contributed by atoms with Crippen LogP contribution in [0, 0.1) is 41.5 Å². The molecule has 10 nitrogen and oxygen atoms in total. The molecule has 4 aromatic heterocycles. The first-order valence-electron chi connectivity index (χ1n) is 14.0. The van der Waals surface area contributed by atoms with Gasteiger partial charge in [0.25, 0.3) is 0 Å². The van der Waals surface area contributed by atoms with E-state index in [1.165, 1.54) is 0 Å². The highest BCUT2D eigenvalue weighted by Gasteiger charge is 2.20. The van der Waals surface area contributed by atoms with E-state index in [1.807, 2.05) is 47.6 Å². The molecule has 7 aromatic rings. The molecule has 210 valence electrons. The molecule has 3 aromatic carbocycles. The summed E-state index contributed by atoms with van der Waals surface area (Å²) in [5.74, 6) is 5.82. The van der Waals surface area contributed by atoms with E-state index < -0.39 is 0 Å². The third-order valence-electron chi connectivity index (χ3n) is 7.25. The lowest BCUT2D eigenvalue weighted by Crippen LogP contribution is -2.05. The normalized spacial score (nSPS) is 11.5. The first kappa shape index (κ1) is 26.4. The number of hydrogen-bond donors (Lipinski definition) is 0. The van der Waals surface area contributed by atoms with Crippen molar-refractivity contribution in [2.24, 2.45) is 0 Å². The Bertz CT molecular complexity index is 2160. The average molecular weight is 565 g/mol. The van der Waals surface area contributed by atoms with E-state index in [2.05, 4.69) is 94.1 Å². The summed E-state index contributed by atoms with van der Waals surface area (Å²) in [6.07, 6.45) is 0. The van der Waals surface area contributed by atoms with E-state index in [0.717, 1.165) is 44.2 Å². The minimum Gasteiger partial charge on any atom is -0.308 e. The minimum atomic E-state index is 0.579. The number of benzene rings is 3. The van der Waals surface area contributed by atoms with Gasteiger partial charge >= 0.3 is 0 Å². The SMILES string of the molecule is Cc1nc(C)nc(-c2ccc(-n3c4ccccc4c4ccc(-c5nc(C)nc(C)n5)cc43)c(-c3nc(C)nc(C)n3)c2)n1. The van der Waals surface area contributed by atoms with Gasteiger partial charge in [0.15, 0.2) is 17.5 Å². The fourth-order valence-electron chi connectivity index (χ4n) is 5.64. The highest BCUT2D eigenvalue weighted by Crippen LogP contribution is 2.38. The Labute approximate surface area is 248 Å². The summed E-state index contributed by atoms with van der Waals surface area (Å²) in [4.78, 5) is 41.2. The van der Waals surface area contributed by atoms with Crippen LogP contribution in [0.25, 0.3) is 61.7 Å². The van der Waals surface area contributed by atoms with E-state index in [0.29, 0.717) is 52.4 Å². The van der Waals surface area contributed by atoms with Gasteiger partial charge in [0.05, 0.1) is 16.7 Å². The third kappa shape index (κ3) is 4.76. The van der Waals surface area contributed by atoms with Gasteiger partial charge in [-0.3, -0.25) is 0 Å². The summed E-state index contributed by atoms with van der Waals surface area (Å²) in [5, 5.41) is 2.25. The van der Waals surface area contributed by atoms with Crippen LogP contribution in [0.3, 0.4) is 0 Å². The molecule has 0 fully saturated rings. The van der Waals surface area contributed by atoms with E-state index in [4.69, 9.17) is 9.97 Å². The molecule has 0 radical (unpaired) electrons. The highest BCUT2D eigenvalue weighted by molar-refractivity contribution is 6.10. The van der Waals surface area contributed by atoms with Gasteiger partial charge in [-0.05, 0) is 71.9 Å². The zero-order valence-electron chi connectivity index (χ0n) is 24.7. The summed E-state index contributed by atoms with van der Waals surface area (Å²) >= 11 is 0. The number of aromatic nitrogens is 10. The number of fused-ring (bicyclic) bond motifs is 3. The lowest BCUT2D eigenvalue weighted by atomic mass is 10.1. The first-order chi connectivity index (χ1) is 20.7. The Hall–Kier alpha value is -5.51. The van der Waals surface area contributed by atoms with Gasteiger partial charge in [-0.2, -0.15) is 0 Å². The molecule has 0 unspecified atom stereocenters. The van der Waals surface area contributed by atoms with E-state index in [-0.39, 0.29) is 0 Å². The number of aryl methyl sites for hydroxylation is 6. The predicted molar refractivity (Wildman–Crippen MR) is 166 cm³/mol. The largest absolute Gasteiger partial charge is 0.308 e. The topological polar surface area (TPSA) is 121 Å². The Balaban J connectivity index is 1.55. The fraction of sp³-hybridized carbons (Fsp3) is 0.182. The maximum absolute atomic E-state index is 4.77. The Kier molecular flexibility index (Phi) is 6.19. The van der Waals surface area contributed by atoms with Crippen LogP contribution in [0.5, 0.6) is 0 Å². The van der Waals surface area contributed by atoms with Crippen LogP contribution in [-0.4, -0.2) is 49.4 Å². The number of para-hydroxylation sites is 1. The molecule has 43 heavy (non-hydrogen) atoms. The van der Waals surface area contributed by atoms with E-state index >= 15 is 0 Å². The lowest BCUT2D eigenvalue weighted by molar-refractivity contribution is 0.923. The second kappa shape index (κ2) is 10.1. The molecule has 0 saturated heterocycles. The van der Waals surface area contributed by atoms with Crippen molar-refractivity contribution >= 4 is 21.8 Å². The van der Waals surface area contributed by atoms with Crippen molar-refractivity contribution in [1.29, 1.82) is 0 Å². The highest BCUT2D eigenvalue weighted by atomic mass is 15.1. The molecule has 0 atom stereocenters. The number of nitrogens with zero attached hydrogens (tertiary/aromatic N) is 10. The Morgan fingerprint density at radius 2 is 0.884 bits per heavy atom. The van der Waals surface area contributed by atoms with Crippen LogP contribution in [-0.2, 0) is 0 Å². The van der Waals surface area contributed by atoms with Crippen LogP contribution in [0.2, 0.25) is 0 Å². The molecular formula is C33H28N10. The van der Waals surface area contributed by atoms with Crippen LogP contribution >= 0.6 is 0 Å². The van der Waals surface area contributed by atoms with Gasteiger partial charge in [-0.25, -0.2) is 44.9 Å². The summed E-state index contributed by atoms with van der Waals surface area (Å²) in [5.41, 5.74) is 5.58. The lowest BCUT2D eigenvalue weighted by Gasteiger charge is -2.15. The van der Waals surface area contributed by atoms with Crippen molar-refractivity contribution in [3.63, 3.8) is 0 Å². The van der Waals surface area contributed by atoms with Gasteiger partial charge in [-0.1, -0.05) is 30.3 Å². The quantitative estimate of drug-likeness (QED) is 0.246. The smallest absolute Gasteiger partial charge is 0.165 e.